The molecule has 0 aromatic carbocycles. The molecule has 5 nitrogen and oxygen atoms in total. The zero-order valence-electron chi connectivity index (χ0n) is 6.44. The number of carboxylic acid groups (broad SMARTS) is 1. The van der Waals surface area contributed by atoms with Gasteiger partial charge >= 0.3 is 5.97 Å². The molecule has 3 N–H and O–H groups in total. The van der Waals surface area contributed by atoms with E-state index in [9.17, 15) is 4.79 Å². The Bertz CT molecular complexity index is 345. The molecule has 1 aromatic rings. The number of halogens is 1. The topological polar surface area (TPSA) is 89.1 Å². The Balaban J connectivity index is 3.06. The van der Waals surface area contributed by atoms with E-state index in [1.165, 1.54) is 12.4 Å². The lowest BCUT2D eigenvalue weighted by molar-refractivity contribution is -0.131. The number of carboxylic acids is 1. The first-order valence-corrected chi connectivity index (χ1v) is 3.66. The molecule has 0 radical (unpaired) electrons. The first kappa shape index (κ1) is 9.47. The molecule has 0 saturated carbocycles. The zero-order valence-corrected chi connectivity index (χ0v) is 7.19. The van der Waals surface area contributed by atoms with Crippen molar-refractivity contribution in [3.8, 4) is 0 Å². The predicted octanol–water partition coefficient (Wildman–Crippen LogP) is 0.810. The van der Waals surface area contributed by atoms with Crippen LogP contribution in [0.15, 0.2) is 12.4 Å². The summed E-state index contributed by atoms with van der Waals surface area (Å²) >= 11 is 5.64. The van der Waals surface area contributed by atoms with Crippen LogP contribution in [0.2, 0.25) is 5.15 Å². The zero-order chi connectivity index (χ0) is 9.84. The average molecular weight is 200 g/mol. The van der Waals surface area contributed by atoms with Crippen LogP contribution in [0, 0.1) is 0 Å². The highest BCUT2D eigenvalue weighted by Crippen LogP contribution is 2.18. The van der Waals surface area contributed by atoms with E-state index in [0.29, 0.717) is 5.56 Å². The van der Waals surface area contributed by atoms with Gasteiger partial charge in [0.15, 0.2) is 0 Å². The molecule has 68 valence electrons. The maximum absolute atomic E-state index is 10.2. The molecule has 0 spiro atoms. The number of aromatic nitrogens is 2. The second-order valence-electron chi connectivity index (χ2n) is 2.13. The van der Waals surface area contributed by atoms with Crippen LogP contribution < -0.4 is 5.73 Å². The van der Waals surface area contributed by atoms with E-state index in [0.717, 1.165) is 6.08 Å². The SMILES string of the molecule is Nc1ncnc(Cl)c1C=CC(=O)O. The number of aliphatic carboxylic acids is 1. The highest BCUT2D eigenvalue weighted by molar-refractivity contribution is 6.31. The van der Waals surface area contributed by atoms with Crippen molar-refractivity contribution >= 4 is 29.5 Å². The van der Waals surface area contributed by atoms with Crippen LogP contribution in [0.3, 0.4) is 0 Å². The molecular weight excluding hydrogens is 194 g/mol. The fourth-order valence-electron chi connectivity index (χ4n) is 0.695. The van der Waals surface area contributed by atoms with Crippen molar-refractivity contribution in [1.82, 2.24) is 9.97 Å². The summed E-state index contributed by atoms with van der Waals surface area (Å²) in [7, 11) is 0. The van der Waals surface area contributed by atoms with Gasteiger partial charge in [-0.2, -0.15) is 0 Å². The van der Waals surface area contributed by atoms with Crippen LogP contribution in [0.1, 0.15) is 5.56 Å². The molecule has 0 aliphatic carbocycles. The fraction of sp³-hybridized carbons (Fsp3) is 0. The molecule has 1 rings (SSSR count). The minimum atomic E-state index is -1.08. The fourth-order valence-corrected chi connectivity index (χ4v) is 0.899. The number of hydrogen-bond donors (Lipinski definition) is 2. The van der Waals surface area contributed by atoms with E-state index < -0.39 is 5.97 Å². The number of nitrogens with zero attached hydrogens (tertiary/aromatic N) is 2. The summed E-state index contributed by atoms with van der Waals surface area (Å²) < 4.78 is 0. The van der Waals surface area contributed by atoms with Crippen molar-refractivity contribution < 1.29 is 9.90 Å². The second-order valence-corrected chi connectivity index (χ2v) is 2.49. The van der Waals surface area contributed by atoms with Crippen molar-refractivity contribution in [2.45, 2.75) is 0 Å². The second kappa shape index (κ2) is 3.86. The number of carbonyl (C=O) groups is 1. The lowest BCUT2D eigenvalue weighted by Crippen LogP contribution is -1.96. The summed E-state index contributed by atoms with van der Waals surface area (Å²) in [5.41, 5.74) is 5.74. The number of hydrogen-bond acceptors (Lipinski definition) is 4. The van der Waals surface area contributed by atoms with Crippen molar-refractivity contribution in [3.63, 3.8) is 0 Å². The van der Waals surface area contributed by atoms with Gasteiger partial charge in [-0.3, -0.25) is 0 Å². The van der Waals surface area contributed by atoms with Crippen molar-refractivity contribution in [2.75, 3.05) is 5.73 Å². The van der Waals surface area contributed by atoms with Gasteiger partial charge in [0, 0.05) is 6.08 Å². The van der Waals surface area contributed by atoms with Crippen LogP contribution in [0.25, 0.3) is 6.08 Å². The molecule has 0 amide bonds. The standard InChI is InChI=1S/C7H6ClN3O2/c8-6-4(1-2-5(12)13)7(9)11-3-10-6/h1-3H,(H,12,13)(H2,9,10,11). The van der Waals surface area contributed by atoms with Crippen molar-refractivity contribution in [3.05, 3.63) is 23.1 Å². The first-order chi connectivity index (χ1) is 6.11. The minimum Gasteiger partial charge on any atom is -0.478 e. The molecular formula is C7H6ClN3O2. The van der Waals surface area contributed by atoms with Crippen molar-refractivity contribution in [2.24, 2.45) is 0 Å². The molecule has 6 heteroatoms. The molecule has 1 aromatic heterocycles. The highest BCUT2D eigenvalue weighted by Gasteiger charge is 2.03. The molecule has 1 heterocycles. The Hall–Kier alpha value is -1.62. The third kappa shape index (κ3) is 2.41. The third-order valence-electron chi connectivity index (χ3n) is 1.26. The van der Waals surface area contributed by atoms with Crippen LogP contribution in [0.4, 0.5) is 5.82 Å². The highest BCUT2D eigenvalue weighted by atomic mass is 35.5. The number of nitrogen functional groups attached to an aromatic ring is 1. The van der Waals surface area contributed by atoms with Crippen LogP contribution in [0.5, 0.6) is 0 Å². The van der Waals surface area contributed by atoms with Gasteiger partial charge in [-0.25, -0.2) is 14.8 Å². The Morgan fingerprint density at radius 3 is 2.85 bits per heavy atom. The molecule has 0 fully saturated rings. The largest absolute Gasteiger partial charge is 0.478 e. The molecule has 0 saturated heterocycles. The monoisotopic (exact) mass is 199 g/mol. The third-order valence-corrected chi connectivity index (χ3v) is 1.56. The average Bonchev–Trinajstić information content (AvgIpc) is 2.03. The molecule has 13 heavy (non-hydrogen) atoms. The molecule has 0 aliphatic rings. The van der Waals surface area contributed by atoms with Gasteiger partial charge in [0.25, 0.3) is 0 Å². The normalized spacial score (nSPS) is 10.5. The lowest BCUT2D eigenvalue weighted by atomic mass is 10.3. The summed E-state index contributed by atoms with van der Waals surface area (Å²) in [6.45, 7) is 0. The number of nitrogens with two attached hydrogens (primary N) is 1. The van der Waals surface area contributed by atoms with E-state index in [2.05, 4.69) is 9.97 Å². The van der Waals surface area contributed by atoms with Gasteiger partial charge in [0.05, 0.1) is 5.56 Å². The van der Waals surface area contributed by atoms with Gasteiger partial charge < -0.3 is 10.8 Å². The smallest absolute Gasteiger partial charge is 0.328 e. The molecule has 0 aliphatic heterocycles. The summed E-state index contributed by atoms with van der Waals surface area (Å²) in [5.74, 6) is -0.934. The molecule has 0 atom stereocenters. The van der Waals surface area contributed by atoms with E-state index in [1.54, 1.807) is 0 Å². The lowest BCUT2D eigenvalue weighted by Gasteiger charge is -1.98. The Labute approximate surface area is 78.9 Å². The van der Waals surface area contributed by atoms with E-state index >= 15 is 0 Å². The van der Waals surface area contributed by atoms with Gasteiger partial charge in [0.2, 0.25) is 0 Å². The van der Waals surface area contributed by atoms with E-state index in [4.69, 9.17) is 22.4 Å². The van der Waals surface area contributed by atoms with Gasteiger partial charge in [0.1, 0.15) is 17.3 Å². The first-order valence-electron chi connectivity index (χ1n) is 3.28. The Kier molecular flexibility index (Phi) is 2.81. The minimum absolute atomic E-state index is 0.130. The summed E-state index contributed by atoms with van der Waals surface area (Å²) in [6.07, 6.45) is 3.37. The number of anilines is 1. The van der Waals surface area contributed by atoms with Crippen LogP contribution in [-0.2, 0) is 4.79 Å². The Morgan fingerprint density at radius 2 is 2.31 bits per heavy atom. The van der Waals surface area contributed by atoms with Crippen molar-refractivity contribution in [1.29, 1.82) is 0 Å². The molecule has 0 unspecified atom stereocenters. The Morgan fingerprint density at radius 1 is 1.62 bits per heavy atom. The number of rotatable bonds is 2. The summed E-state index contributed by atoms with van der Waals surface area (Å²) in [5, 5.41) is 8.47. The van der Waals surface area contributed by atoms with Gasteiger partial charge in [-0.1, -0.05) is 11.6 Å². The van der Waals surface area contributed by atoms with Crippen LogP contribution >= 0.6 is 11.6 Å². The maximum atomic E-state index is 10.2. The molecule has 0 bridgehead atoms. The van der Waals surface area contributed by atoms with Gasteiger partial charge in [-0.05, 0) is 6.08 Å². The summed E-state index contributed by atoms with van der Waals surface area (Å²) in [4.78, 5) is 17.5. The maximum Gasteiger partial charge on any atom is 0.328 e. The van der Waals surface area contributed by atoms with Crippen LogP contribution in [-0.4, -0.2) is 21.0 Å². The van der Waals surface area contributed by atoms with E-state index in [-0.39, 0.29) is 11.0 Å². The predicted molar refractivity (Wildman–Crippen MR) is 48.1 cm³/mol. The summed E-state index contributed by atoms with van der Waals surface area (Å²) in [6, 6.07) is 0. The quantitative estimate of drug-likeness (QED) is 0.544. The van der Waals surface area contributed by atoms with Gasteiger partial charge in [-0.15, -0.1) is 0 Å². The van der Waals surface area contributed by atoms with E-state index in [1.807, 2.05) is 0 Å².